The molecule has 12 heteroatoms. The molecule has 0 bridgehead atoms. The van der Waals surface area contributed by atoms with Crippen LogP contribution in [0.25, 0.3) is 0 Å². The minimum atomic E-state index is -4.64. The van der Waals surface area contributed by atoms with Gasteiger partial charge in [-0.15, -0.1) is 0 Å². The summed E-state index contributed by atoms with van der Waals surface area (Å²) in [6.07, 6.45) is 28.5. The number of carbonyl (C=O) groups excluding carboxylic acids is 2. The summed E-state index contributed by atoms with van der Waals surface area (Å²) in [6.45, 7) is 4.42. The zero-order chi connectivity index (χ0) is 38.0. The van der Waals surface area contributed by atoms with E-state index in [1.165, 1.54) is 44.9 Å². The zero-order valence-corrected chi connectivity index (χ0v) is 32.5. The zero-order valence-electron chi connectivity index (χ0n) is 31.6. The lowest BCUT2D eigenvalue weighted by molar-refractivity contribution is -0.161. The van der Waals surface area contributed by atoms with E-state index in [4.69, 9.17) is 19.1 Å². The molecule has 0 aliphatic rings. The van der Waals surface area contributed by atoms with Crippen molar-refractivity contribution in [2.45, 2.75) is 155 Å². The first-order valence-electron chi connectivity index (χ1n) is 19.1. The standard InChI is InChI=1S/C39H69O11P/c1-4-6-7-8-10-16-21-26-35(41)27-22-17-11-9-12-19-24-29-39(44)50-37(33-49-51(45,46)48-31-36(42)30-40)32-47-38(43)28-23-18-14-13-15-20-25-34(3)5-2/h9-10,12,16-17,21-22,26,34-37,40-42H,4-8,11,13-15,18-20,23-25,27-33H2,1-3H3,(H,45,46)/b12-9+,16-10-,22-17-,26-21-/t34?,35-,36-,37+/m0/s1. The molecule has 296 valence electrons. The van der Waals surface area contributed by atoms with Crippen LogP contribution in [-0.4, -0.2) is 76.9 Å². The van der Waals surface area contributed by atoms with E-state index in [2.05, 4.69) is 31.4 Å². The number of rotatable bonds is 34. The highest BCUT2D eigenvalue weighted by Crippen LogP contribution is 2.43. The van der Waals surface area contributed by atoms with Crippen LogP contribution >= 0.6 is 7.82 Å². The number of ether oxygens (including phenoxy) is 2. The molecule has 0 heterocycles. The molecule has 0 aromatic rings. The van der Waals surface area contributed by atoms with Crippen molar-refractivity contribution in [1.29, 1.82) is 0 Å². The van der Waals surface area contributed by atoms with E-state index < -0.39 is 57.9 Å². The fourth-order valence-corrected chi connectivity index (χ4v) is 5.48. The van der Waals surface area contributed by atoms with Crippen LogP contribution in [0.2, 0.25) is 0 Å². The Hall–Kier alpha value is -2.11. The Balaban J connectivity index is 4.56. The average Bonchev–Trinajstić information content (AvgIpc) is 3.11. The number of phosphoric ester groups is 1. The van der Waals surface area contributed by atoms with Crippen LogP contribution in [0, 0.1) is 5.92 Å². The maximum atomic E-state index is 12.5. The van der Waals surface area contributed by atoms with Gasteiger partial charge in [0, 0.05) is 12.8 Å². The molecule has 0 spiro atoms. The second-order valence-electron chi connectivity index (χ2n) is 13.0. The van der Waals surface area contributed by atoms with Gasteiger partial charge in [0.15, 0.2) is 6.10 Å². The molecule has 0 aliphatic heterocycles. The first-order valence-corrected chi connectivity index (χ1v) is 20.6. The molecule has 4 N–H and O–H groups in total. The van der Waals surface area contributed by atoms with E-state index in [0.717, 1.165) is 31.6 Å². The third-order valence-electron chi connectivity index (χ3n) is 8.11. The number of carbonyl (C=O) groups is 2. The van der Waals surface area contributed by atoms with Crippen LogP contribution in [0.5, 0.6) is 0 Å². The highest BCUT2D eigenvalue weighted by atomic mass is 31.2. The fourth-order valence-electron chi connectivity index (χ4n) is 4.69. The highest BCUT2D eigenvalue weighted by Gasteiger charge is 2.27. The smallest absolute Gasteiger partial charge is 0.462 e. The van der Waals surface area contributed by atoms with E-state index in [0.29, 0.717) is 32.1 Å². The number of phosphoric acid groups is 1. The molecule has 51 heavy (non-hydrogen) atoms. The third kappa shape index (κ3) is 33.5. The van der Waals surface area contributed by atoms with Crippen molar-refractivity contribution >= 4 is 19.8 Å². The van der Waals surface area contributed by atoms with Crippen molar-refractivity contribution in [1.82, 2.24) is 0 Å². The normalized spacial score (nSPS) is 15.8. The molecule has 5 atom stereocenters. The van der Waals surface area contributed by atoms with Gasteiger partial charge in [-0.05, 0) is 50.9 Å². The molecule has 0 aromatic carbocycles. The number of aliphatic hydroxyl groups is 3. The van der Waals surface area contributed by atoms with Crippen molar-refractivity contribution < 1.29 is 52.9 Å². The molecule has 0 aromatic heterocycles. The molecular formula is C39H69O11P. The predicted molar refractivity (Wildman–Crippen MR) is 202 cm³/mol. The molecule has 11 nitrogen and oxygen atoms in total. The lowest BCUT2D eigenvalue weighted by Crippen LogP contribution is -2.29. The van der Waals surface area contributed by atoms with E-state index >= 15 is 0 Å². The first-order chi connectivity index (χ1) is 24.5. The summed E-state index contributed by atoms with van der Waals surface area (Å²) in [4.78, 5) is 34.8. The molecule has 0 rings (SSSR count). The number of esters is 2. The summed E-state index contributed by atoms with van der Waals surface area (Å²) in [5.41, 5.74) is 0. The van der Waals surface area contributed by atoms with Gasteiger partial charge in [0.2, 0.25) is 0 Å². The second kappa shape index (κ2) is 33.7. The van der Waals surface area contributed by atoms with Crippen molar-refractivity contribution in [2.24, 2.45) is 5.92 Å². The summed E-state index contributed by atoms with van der Waals surface area (Å²) >= 11 is 0. The molecule has 0 amide bonds. The van der Waals surface area contributed by atoms with Crippen LogP contribution in [0.4, 0.5) is 0 Å². The number of hydrogen-bond donors (Lipinski definition) is 4. The summed E-state index contributed by atoms with van der Waals surface area (Å²) in [5, 5.41) is 28.3. The SMILES string of the molecule is CCCCC/C=C\C=C/[C@H](O)C/C=C\C/C=C/CCCC(=O)O[C@H](COC(=O)CCCCCCCCC(C)CC)COP(=O)(O)OC[C@@H](O)CO. The Morgan fingerprint density at radius 2 is 1.41 bits per heavy atom. The van der Waals surface area contributed by atoms with Crippen molar-refractivity contribution in [3.63, 3.8) is 0 Å². The number of aliphatic hydroxyl groups excluding tert-OH is 3. The van der Waals surface area contributed by atoms with Crippen LogP contribution in [0.1, 0.15) is 136 Å². The minimum absolute atomic E-state index is 0.0730. The summed E-state index contributed by atoms with van der Waals surface area (Å²) < 4.78 is 32.4. The number of hydrogen-bond acceptors (Lipinski definition) is 10. The fraction of sp³-hybridized carbons (Fsp3) is 0.744. The van der Waals surface area contributed by atoms with Gasteiger partial charge in [-0.2, -0.15) is 0 Å². The molecular weight excluding hydrogens is 675 g/mol. The van der Waals surface area contributed by atoms with Gasteiger partial charge in [0.1, 0.15) is 12.7 Å². The van der Waals surface area contributed by atoms with Crippen LogP contribution in [0.3, 0.4) is 0 Å². The quantitative estimate of drug-likeness (QED) is 0.0165. The van der Waals surface area contributed by atoms with Crippen molar-refractivity contribution in [3.05, 3.63) is 48.6 Å². The molecule has 0 fully saturated rings. The van der Waals surface area contributed by atoms with Crippen molar-refractivity contribution in [2.75, 3.05) is 26.4 Å². The Morgan fingerprint density at radius 1 is 0.745 bits per heavy atom. The van der Waals surface area contributed by atoms with Gasteiger partial charge >= 0.3 is 19.8 Å². The predicted octanol–water partition coefficient (Wildman–Crippen LogP) is 8.21. The largest absolute Gasteiger partial charge is 0.472 e. The lowest BCUT2D eigenvalue weighted by atomic mass is 10.00. The summed E-state index contributed by atoms with van der Waals surface area (Å²) in [6, 6.07) is 0. The Bertz CT molecular complexity index is 1030. The van der Waals surface area contributed by atoms with Crippen LogP contribution in [0.15, 0.2) is 48.6 Å². The molecule has 0 aliphatic carbocycles. The summed E-state index contributed by atoms with van der Waals surface area (Å²) in [7, 11) is -4.64. The van der Waals surface area contributed by atoms with Gasteiger partial charge in [0.05, 0.1) is 25.9 Å². The Kier molecular flexibility index (Phi) is 32.3. The number of allylic oxidation sites excluding steroid dienone is 6. The highest BCUT2D eigenvalue weighted by molar-refractivity contribution is 7.47. The van der Waals surface area contributed by atoms with Gasteiger partial charge in [-0.1, -0.05) is 127 Å². The maximum absolute atomic E-state index is 12.5. The van der Waals surface area contributed by atoms with Gasteiger partial charge in [-0.25, -0.2) is 4.57 Å². The maximum Gasteiger partial charge on any atom is 0.472 e. The lowest BCUT2D eigenvalue weighted by Gasteiger charge is -2.20. The van der Waals surface area contributed by atoms with E-state index in [1.807, 2.05) is 36.5 Å². The topological polar surface area (TPSA) is 169 Å². The number of unbranched alkanes of at least 4 members (excludes halogenated alkanes) is 9. The molecule has 0 saturated heterocycles. The van der Waals surface area contributed by atoms with E-state index in [-0.39, 0.29) is 19.4 Å². The van der Waals surface area contributed by atoms with Crippen LogP contribution < -0.4 is 0 Å². The first kappa shape index (κ1) is 48.9. The van der Waals surface area contributed by atoms with E-state index in [9.17, 15) is 29.3 Å². The average molecular weight is 745 g/mol. The van der Waals surface area contributed by atoms with Gasteiger partial charge < -0.3 is 29.7 Å². The molecule has 0 radical (unpaired) electrons. The summed E-state index contributed by atoms with van der Waals surface area (Å²) in [5.74, 6) is -0.278. The molecule has 0 saturated carbocycles. The Labute approximate surface area is 307 Å². The third-order valence-corrected chi connectivity index (χ3v) is 9.06. The van der Waals surface area contributed by atoms with Crippen molar-refractivity contribution in [3.8, 4) is 0 Å². The van der Waals surface area contributed by atoms with E-state index in [1.54, 1.807) is 6.08 Å². The second-order valence-corrected chi connectivity index (χ2v) is 14.5. The van der Waals surface area contributed by atoms with Gasteiger partial charge in [-0.3, -0.25) is 18.6 Å². The minimum Gasteiger partial charge on any atom is -0.462 e. The monoisotopic (exact) mass is 744 g/mol. The van der Waals surface area contributed by atoms with Gasteiger partial charge in [0.25, 0.3) is 0 Å². The Morgan fingerprint density at radius 3 is 2.14 bits per heavy atom. The molecule has 2 unspecified atom stereocenters. The van der Waals surface area contributed by atoms with Crippen LogP contribution in [-0.2, 0) is 32.7 Å².